The fraction of sp³-hybridized carbons (Fsp3) is 0.333. The molecule has 2 rings (SSSR count). The van der Waals surface area contributed by atoms with E-state index in [1.165, 1.54) is 34.8 Å². The Morgan fingerprint density at radius 3 is 2.80 bits per heavy atom. The number of carbonyl (C=O) groups is 2. The molecule has 12 heteroatoms. The average molecular weight is 453 g/mol. The van der Waals surface area contributed by atoms with Crippen molar-refractivity contribution in [2.24, 2.45) is 5.73 Å². The number of hydrogen-bond donors (Lipinski definition) is 4. The Kier molecular flexibility index (Phi) is 8.70. The molecule has 0 bridgehead atoms. The molecule has 0 aliphatic rings. The first kappa shape index (κ1) is 23.7. The second-order valence-corrected chi connectivity index (χ2v) is 8.42. The third kappa shape index (κ3) is 6.48. The highest BCUT2D eigenvalue weighted by Gasteiger charge is 2.29. The van der Waals surface area contributed by atoms with E-state index in [2.05, 4.69) is 15.6 Å². The highest BCUT2D eigenvalue weighted by atomic mass is 32.2. The Morgan fingerprint density at radius 1 is 1.47 bits per heavy atom. The van der Waals surface area contributed by atoms with Gasteiger partial charge in [-0.2, -0.15) is 5.26 Å². The summed E-state index contributed by atoms with van der Waals surface area (Å²) in [6.45, 7) is 2.13. The number of nitrogens with one attached hydrogen (secondary N) is 2. The molecule has 0 fully saturated rings. The number of likely N-dealkylation sites (N-methyl/N-ethyl adjacent to an activating group) is 1. The minimum atomic E-state index is -1.03. The summed E-state index contributed by atoms with van der Waals surface area (Å²) in [6, 6.07) is 3.25. The molecular formula is C18H21FN6O3S2. The van der Waals surface area contributed by atoms with Gasteiger partial charge in [-0.3, -0.25) is 9.59 Å². The number of thiazole rings is 1. The topological polar surface area (TPSA) is 144 Å². The third-order valence-electron chi connectivity index (χ3n) is 4.12. The number of aromatic nitrogens is 1. The summed E-state index contributed by atoms with van der Waals surface area (Å²) >= 11 is 1.76. The lowest BCUT2D eigenvalue weighted by Gasteiger charge is -2.26. The van der Waals surface area contributed by atoms with Gasteiger partial charge in [-0.25, -0.2) is 13.7 Å². The first-order valence-corrected chi connectivity index (χ1v) is 10.3. The SMILES string of the molecule is Cc1cnc(CNC(=O)C(N)CC(C(=O)Nc2ccc(F)c(C#N)c2)N(C)SO)s1. The summed E-state index contributed by atoms with van der Waals surface area (Å²) < 4.78 is 24.1. The normalized spacial score (nSPS) is 12.8. The van der Waals surface area contributed by atoms with Gasteiger partial charge in [0.25, 0.3) is 0 Å². The van der Waals surface area contributed by atoms with Crippen molar-refractivity contribution < 1.29 is 18.5 Å². The maximum atomic E-state index is 13.5. The van der Waals surface area contributed by atoms with Crippen LogP contribution in [0.25, 0.3) is 0 Å². The van der Waals surface area contributed by atoms with Crippen LogP contribution in [0.4, 0.5) is 10.1 Å². The second-order valence-electron chi connectivity index (χ2n) is 6.36. The molecule has 9 nitrogen and oxygen atoms in total. The van der Waals surface area contributed by atoms with Crippen LogP contribution in [0, 0.1) is 24.1 Å². The predicted molar refractivity (Wildman–Crippen MR) is 113 cm³/mol. The molecule has 0 aliphatic carbocycles. The number of rotatable bonds is 9. The van der Waals surface area contributed by atoms with Crippen LogP contribution in [0.15, 0.2) is 24.4 Å². The number of carbonyl (C=O) groups excluding carboxylic acids is 2. The van der Waals surface area contributed by atoms with Gasteiger partial charge in [-0.1, -0.05) is 0 Å². The number of amides is 2. The average Bonchev–Trinajstić information content (AvgIpc) is 3.15. The van der Waals surface area contributed by atoms with Crippen LogP contribution < -0.4 is 16.4 Å². The number of halogens is 1. The molecule has 5 N–H and O–H groups in total. The van der Waals surface area contributed by atoms with Crippen LogP contribution in [-0.2, 0) is 16.1 Å². The van der Waals surface area contributed by atoms with Crippen molar-refractivity contribution >= 4 is 41.1 Å². The van der Waals surface area contributed by atoms with Crippen molar-refractivity contribution in [2.45, 2.75) is 32.0 Å². The van der Waals surface area contributed by atoms with Crippen LogP contribution in [-0.4, -0.2) is 44.8 Å². The van der Waals surface area contributed by atoms with Crippen molar-refractivity contribution in [3.63, 3.8) is 0 Å². The fourth-order valence-corrected chi connectivity index (χ4v) is 3.54. The summed E-state index contributed by atoms with van der Waals surface area (Å²) in [5.41, 5.74) is 5.94. The van der Waals surface area contributed by atoms with Gasteiger partial charge < -0.3 is 20.9 Å². The van der Waals surface area contributed by atoms with E-state index in [4.69, 9.17) is 11.0 Å². The van der Waals surface area contributed by atoms with E-state index in [0.29, 0.717) is 12.2 Å². The largest absolute Gasteiger partial charge is 0.348 e. The molecule has 2 amide bonds. The molecule has 1 aromatic heterocycles. The standard InChI is InChI=1S/C18H21FN6O3S2/c1-10-8-22-16(29-10)9-23-17(26)14(21)6-15(25(2)30-28)18(27)24-12-3-4-13(19)11(5-12)7-20/h3-5,8,14-15,28H,6,9,21H2,1-2H3,(H,23,26)(H,24,27). The number of benzene rings is 1. The Morgan fingerprint density at radius 2 is 2.20 bits per heavy atom. The van der Waals surface area contributed by atoms with Crippen molar-refractivity contribution in [1.82, 2.24) is 14.6 Å². The summed E-state index contributed by atoms with van der Waals surface area (Å²) in [5.74, 6) is -1.75. The van der Waals surface area contributed by atoms with E-state index in [-0.39, 0.29) is 24.2 Å². The van der Waals surface area contributed by atoms with E-state index >= 15 is 0 Å². The van der Waals surface area contributed by atoms with Gasteiger partial charge in [-0.05, 0) is 31.5 Å². The maximum absolute atomic E-state index is 13.5. The van der Waals surface area contributed by atoms with Crippen LogP contribution in [0.1, 0.15) is 21.9 Å². The Bertz CT molecular complexity index is 948. The number of nitriles is 1. The molecule has 0 saturated carbocycles. The second kappa shape index (κ2) is 11.0. The fourth-order valence-electron chi connectivity index (χ4n) is 2.52. The molecule has 160 valence electrons. The molecule has 2 unspecified atom stereocenters. The smallest absolute Gasteiger partial charge is 0.242 e. The van der Waals surface area contributed by atoms with E-state index in [1.807, 2.05) is 6.92 Å². The lowest BCUT2D eigenvalue weighted by atomic mass is 10.1. The molecule has 0 aliphatic heterocycles. The lowest BCUT2D eigenvalue weighted by molar-refractivity contribution is -0.123. The monoisotopic (exact) mass is 452 g/mol. The first-order chi connectivity index (χ1) is 14.2. The molecular weight excluding hydrogens is 431 g/mol. The van der Waals surface area contributed by atoms with Crippen molar-refractivity contribution in [3.05, 3.63) is 45.7 Å². The van der Waals surface area contributed by atoms with E-state index in [9.17, 15) is 18.5 Å². The van der Waals surface area contributed by atoms with Gasteiger partial charge in [-0.15, -0.1) is 11.3 Å². The zero-order valence-electron chi connectivity index (χ0n) is 16.3. The quantitative estimate of drug-likeness (QED) is 0.333. The molecule has 0 saturated heterocycles. The minimum absolute atomic E-state index is 0.0923. The zero-order valence-corrected chi connectivity index (χ0v) is 17.9. The minimum Gasteiger partial charge on any atom is -0.348 e. The number of nitrogens with two attached hydrogens (primary N) is 1. The summed E-state index contributed by atoms with van der Waals surface area (Å²) in [7, 11) is 1.46. The molecule has 1 aromatic carbocycles. The molecule has 2 atom stereocenters. The Labute approximate surface area is 181 Å². The number of anilines is 1. The number of aryl methyl sites for hydroxylation is 1. The van der Waals surface area contributed by atoms with Crippen LogP contribution >= 0.6 is 23.6 Å². The van der Waals surface area contributed by atoms with Crippen LogP contribution in [0.2, 0.25) is 0 Å². The highest BCUT2D eigenvalue weighted by molar-refractivity contribution is 7.91. The van der Waals surface area contributed by atoms with Gasteiger partial charge in [0, 0.05) is 23.8 Å². The molecule has 2 aromatic rings. The maximum Gasteiger partial charge on any atom is 0.242 e. The molecule has 0 radical (unpaired) electrons. The van der Waals surface area contributed by atoms with Crippen molar-refractivity contribution in [3.8, 4) is 6.07 Å². The summed E-state index contributed by atoms with van der Waals surface area (Å²) in [6.07, 6.45) is 1.61. The van der Waals surface area contributed by atoms with Gasteiger partial charge in [0.1, 0.15) is 22.9 Å². The van der Waals surface area contributed by atoms with E-state index in [0.717, 1.165) is 16.0 Å². The third-order valence-corrected chi connectivity index (χ3v) is 5.55. The summed E-state index contributed by atoms with van der Waals surface area (Å²) in [4.78, 5) is 30.2. The van der Waals surface area contributed by atoms with Crippen LogP contribution in [0.5, 0.6) is 0 Å². The van der Waals surface area contributed by atoms with Gasteiger partial charge in [0.15, 0.2) is 0 Å². The highest BCUT2D eigenvalue weighted by Crippen LogP contribution is 2.18. The van der Waals surface area contributed by atoms with Crippen molar-refractivity contribution in [2.75, 3.05) is 12.4 Å². The van der Waals surface area contributed by atoms with E-state index in [1.54, 1.807) is 12.3 Å². The van der Waals surface area contributed by atoms with E-state index < -0.39 is 29.7 Å². The van der Waals surface area contributed by atoms with Gasteiger partial charge in [0.05, 0.1) is 30.4 Å². The summed E-state index contributed by atoms with van der Waals surface area (Å²) in [5, 5.41) is 14.9. The van der Waals surface area contributed by atoms with Crippen LogP contribution in [0.3, 0.4) is 0 Å². The van der Waals surface area contributed by atoms with Crippen molar-refractivity contribution in [1.29, 1.82) is 5.26 Å². The predicted octanol–water partition coefficient (Wildman–Crippen LogP) is 1.86. The zero-order chi connectivity index (χ0) is 22.3. The Balaban J connectivity index is 2.02. The first-order valence-electron chi connectivity index (χ1n) is 8.74. The molecule has 0 spiro atoms. The molecule has 30 heavy (non-hydrogen) atoms. The molecule has 1 heterocycles. The van der Waals surface area contributed by atoms with Gasteiger partial charge >= 0.3 is 0 Å². The van der Waals surface area contributed by atoms with Gasteiger partial charge in [0.2, 0.25) is 11.8 Å². The number of nitrogens with zero attached hydrogens (tertiary/aromatic N) is 3. The Hall–Kier alpha value is -2.56. The number of hydrogen-bond acceptors (Lipinski definition) is 9. The lowest BCUT2D eigenvalue weighted by Crippen LogP contribution is -2.48.